The lowest BCUT2D eigenvalue weighted by atomic mass is 9.95. The molecule has 0 aliphatic heterocycles. The summed E-state index contributed by atoms with van der Waals surface area (Å²) in [5.41, 5.74) is 5.92. The van der Waals surface area contributed by atoms with Gasteiger partial charge in [-0.25, -0.2) is 9.97 Å². The molecule has 2 heterocycles. The van der Waals surface area contributed by atoms with E-state index in [9.17, 15) is 5.26 Å². The number of hydrogen-bond acceptors (Lipinski definition) is 5. The summed E-state index contributed by atoms with van der Waals surface area (Å²) in [6.45, 7) is 0.684. The number of pyridine rings is 1. The summed E-state index contributed by atoms with van der Waals surface area (Å²) in [4.78, 5) is 11.1. The molecule has 1 aliphatic carbocycles. The van der Waals surface area contributed by atoms with E-state index in [1.807, 2.05) is 28.9 Å². The number of fused-ring (bicyclic) bond motifs is 1. The summed E-state index contributed by atoms with van der Waals surface area (Å²) in [5.74, 6) is 0.779. The first kappa shape index (κ1) is 13.1. The molecule has 0 radical (unpaired) electrons. The number of aryl methyl sites for hydroxylation is 2. The molecule has 0 atom stereocenters. The predicted octanol–water partition coefficient (Wildman–Crippen LogP) is 2.92. The van der Waals surface area contributed by atoms with Crippen molar-refractivity contribution in [3.63, 3.8) is 0 Å². The highest BCUT2D eigenvalue weighted by Gasteiger charge is 2.17. The second-order valence-corrected chi connectivity index (χ2v) is 5.84. The maximum Gasteiger partial charge on any atom is 0.146 e. The zero-order valence-electron chi connectivity index (χ0n) is 11.5. The van der Waals surface area contributed by atoms with Gasteiger partial charge in [-0.05, 0) is 37.3 Å². The van der Waals surface area contributed by atoms with Gasteiger partial charge >= 0.3 is 0 Å². The van der Waals surface area contributed by atoms with Crippen LogP contribution in [0, 0.1) is 11.3 Å². The standard InChI is InChI=1S/C15H16N4S/c1-19(8-13-9-20-10-17-13)15-12(7-16)6-11-4-2-3-5-14(11)18-15/h6,9-10H,2-5,8H2,1H3. The summed E-state index contributed by atoms with van der Waals surface area (Å²) in [7, 11) is 1.97. The summed E-state index contributed by atoms with van der Waals surface area (Å²) in [6, 6.07) is 4.31. The van der Waals surface area contributed by atoms with Gasteiger partial charge in [-0.3, -0.25) is 0 Å². The molecule has 0 N–H and O–H groups in total. The third kappa shape index (κ3) is 2.52. The molecule has 3 rings (SSSR count). The van der Waals surface area contributed by atoms with Crippen molar-refractivity contribution in [3.05, 3.63) is 39.5 Å². The van der Waals surface area contributed by atoms with Crippen LogP contribution in [0.5, 0.6) is 0 Å². The van der Waals surface area contributed by atoms with E-state index in [2.05, 4.69) is 11.1 Å². The molecule has 0 saturated heterocycles. The topological polar surface area (TPSA) is 52.8 Å². The van der Waals surface area contributed by atoms with Gasteiger partial charge in [-0.15, -0.1) is 11.3 Å². The Morgan fingerprint density at radius 2 is 2.25 bits per heavy atom. The van der Waals surface area contributed by atoms with Crippen LogP contribution in [0.25, 0.3) is 0 Å². The largest absolute Gasteiger partial charge is 0.353 e. The fourth-order valence-electron chi connectivity index (χ4n) is 2.63. The van der Waals surface area contributed by atoms with Gasteiger partial charge < -0.3 is 4.90 Å². The van der Waals surface area contributed by atoms with Crippen LogP contribution < -0.4 is 4.90 Å². The third-order valence-corrected chi connectivity index (χ3v) is 4.28. The SMILES string of the molecule is CN(Cc1cscn1)c1nc2c(cc1C#N)CCCC2. The molecule has 0 unspecified atom stereocenters. The van der Waals surface area contributed by atoms with Crippen LogP contribution in [0.4, 0.5) is 5.82 Å². The van der Waals surface area contributed by atoms with Crippen molar-refractivity contribution in [2.45, 2.75) is 32.2 Å². The molecule has 0 amide bonds. The average Bonchev–Trinajstić information content (AvgIpc) is 2.98. The minimum atomic E-state index is 0.670. The van der Waals surface area contributed by atoms with Crippen LogP contribution in [-0.4, -0.2) is 17.0 Å². The van der Waals surface area contributed by atoms with Gasteiger partial charge in [0.05, 0.1) is 23.3 Å². The van der Waals surface area contributed by atoms with Gasteiger partial charge in [0.2, 0.25) is 0 Å². The maximum atomic E-state index is 9.36. The number of nitrogens with zero attached hydrogens (tertiary/aromatic N) is 4. The molecule has 0 fully saturated rings. The van der Waals surface area contributed by atoms with Gasteiger partial charge in [0, 0.05) is 18.1 Å². The van der Waals surface area contributed by atoms with Crippen LogP contribution in [0.1, 0.15) is 35.4 Å². The molecule has 5 heteroatoms. The summed E-state index contributed by atoms with van der Waals surface area (Å²) in [5, 5.41) is 11.4. The Kier molecular flexibility index (Phi) is 3.66. The van der Waals surface area contributed by atoms with Crippen molar-refractivity contribution in [2.75, 3.05) is 11.9 Å². The van der Waals surface area contributed by atoms with E-state index < -0.39 is 0 Å². The zero-order valence-corrected chi connectivity index (χ0v) is 12.3. The number of hydrogen-bond donors (Lipinski definition) is 0. The van der Waals surface area contributed by atoms with E-state index in [0.717, 1.165) is 30.0 Å². The van der Waals surface area contributed by atoms with Crippen molar-refractivity contribution in [2.24, 2.45) is 0 Å². The van der Waals surface area contributed by atoms with Gasteiger partial charge in [0.1, 0.15) is 11.9 Å². The van der Waals surface area contributed by atoms with E-state index >= 15 is 0 Å². The molecule has 102 valence electrons. The van der Waals surface area contributed by atoms with Crippen LogP contribution in [0.2, 0.25) is 0 Å². The van der Waals surface area contributed by atoms with Crippen molar-refractivity contribution < 1.29 is 0 Å². The Balaban J connectivity index is 1.93. The number of rotatable bonds is 3. The average molecular weight is 284 g/mol. The Labute approximate surface area is 122 Å². The second-order valence-electron chi connectivity index (χ2n) is 5.12. The fourth-order valence-corrected chi connectivity index (χ4v) is 3.18. The van der Waals surface area contributed by atoms with Crippen molar-refractivity contribution in [1.82, 2.24) is 9.97 Å². The first-order chi connectivity index (χ1) is 9.78. The van der Waals surface area contributed by atoms with Crippen LogP contribution >= 0.6 is 11.3 Å². The van der Waals surface area contributed by atoms with Crippen molar-refractivity contribution in [3.8, 4) is 6.07 Å². The van der Waals surface area contributed by atoms with E-state index in [-0.39, 0.29) is 0 Å². The monoisotopic (exact) mass is 284 g/mol. The van der Waals surface area contributed by atoms with Gasteiger partial charge in [-0.2, -0.15) is 5.26 Å². The number of aromatic nitrogens is 2. The molecule has 2 aromatic heterocycles. The summed E-state index contributed by atoms with van der Waals surface area (Å²) < 4.78 is 0. The van der Waals surface area contributed by atoms with E-state index in [4.69, 9.17) is 4.98 Å². The van der Waals surface area contributed by atoms with Crippen molar-refractivity contribution in [1.29, 1.82) is 5.26 Å². The minimum absolute atomic E-state index is 0.670. The van der Waals surface area contributed by atoms with Gasteiger partial charge in [0.15, 0.2) is 0 Å². The third-order valence-electron chi connectivity index (χ3n) is 3.65. The van der Waals surface area contributed by atoms with E-state index in [0.29, 0.717) is 12.1 Å². The molecule has 0 bridgehead atoms. The molecule has 4 nitrogen and oxygen atoms in total. The fraction of sp³-hybridized carbons (Fsp3) is 0.400. The zero-order chi connectivity index (χ0) is 13.9. The molecule has 20 heavy (non-hydrogen) atoms. The van der Waals surface area contributed by atoms with Crippen LogP contribution in [0.15, 0.2) is 17.0 Å². The highest BCUT2D eigenvalue weighted by Crippen LogP contribution is 2.26. The summed E-state index contributed by atoms with van der Waals surface area (Å²) >= 11 is 1.59. The van der Waals surface area contributed by atoms with E-state index in [1.165, 1.54) is 18.4 Å². The molecule has 0 aromatic carbocycles. The van der Waals surface area contributed by atoms with Gasteiger partial charge in [0.25, 0.3) is 0 Å². The number of thiazole rings is 1. The molecular weight excluding hydrogens is 268 g/mol. The van der Waals surface area contributed by atoms with Crippen LogP contribution in [-0.2, 0) is 19.4 Å². The highest BCUT2D eigenvalue weighted by atomic mass is 32.1. The van der Waals surface area contributed by atoms with E-state index in [1.54, 1.807) is 11.3 Å². The first-order valence-electron chi connectivity index (χ1n) is 6.79. The van der Waals surface area contributed by atoms with Crippen LogP contribution in [0.3, 0.4) is 0 Å². The van der Waals surface area contributed by atoms with Gasteiger partial charge in [-0.1, -0.05) is 0 Å². The van der Waals surface area contributed by atoms with Crippen molar-refractivity contribution >= 4 is 17.2 Å². The molecular formula is C15H16N4S. The predicted molar refractivity (Wildman–Crippen MR) is 79.8 cm³/mol. The quantitative estimate of drug-likeness (QED) is 0.869. The minimum Gasteiger partial charge on any atom is -0.353 e. The lowest BCUT2D eigenvalue weighted by molar-refractivity contribution is 0.665. The number of nitriles is 1. The first-order valence-corrected chi connectivity index (χ1v) is 7.73. The second kappa shape index (κ2) is 5.59. The molecule has 0 saturated carbocycles. The Hall–Kier alpha value is -1.93. The number of anilines is 1. The Bertz CT molecular complexity index is 643. The Morgan fingerprint density at radius 1 is 1.40 bits per heavy atom. The lowest BCUT2D eigenvalue weighted by Gasteiger charge is -2.22. The lowest BCUT2D eigenvalue weighted by Crippen LogP contribution is -2.21. The normalized spacial score (nSPS) is 13.6. The Morgan fingerprint density at radius 3 is 3.00 bits per heavy atom. The summed E-state index contributed by atoms with van der Waals surface area (Å²) in [6.07, 6.45) is 4.47. The molecule has 2 aromatic rings. The molecule has 0 spiro atoms. The molecule has 1 aliphatic rings. The maximum absolute atomic E-state index is 9.36. The smallest absolute Gasteiger partial charge is 0.146 e. The highest BCUT2D eigenvalue weighted by molar-refractivity contribution is 7.07.